The largest absolute Gasteiger partial charge is 0.331 e. The van der Waals surface area contributed by atoms with Gasteiger partial charge >= 0.3 is 0 Å². The van der Waals surface area contributed by atoms with Gasteiger partial charge in [-0.15, -0.1) is 0 Å². The zero-order chi connectivity index (χ0) is 7.45. The molecule has 0 bridgehead atoms. The van der Waals surface area contributed by atoms with Crippen LogP contribution in [-0.4, -0.2) is 26.3 Å². The molecule has 0 aliphatic carbocycles. The lowest BCUT2D eigenvalue weighted by atomic mass is 10.5. The summed E-state index contributed by atoms with van der Waals surface area (Å²) in [7, 11) is 1.56. The predicted octanol–water partition coefficient (Wildman–Crippen LogP) is 0.909. The molecule has 1 rings (SSSR count). The monoisotopic (exact) mass is 144 g/mol. The van der Waals surface area contributed by atoms with E-state index in [0.717, 1.165) is 0 Å². The van der Waals surface area contributed by atoms with Gasteiger partial charge in [0.1, 0.15) is 0 Å². The molecule has 0 aromatic rings. The Bertz CT molecular complexity index is 121. The fourth-order valence-electron chi connectivity index (χ4n) is 0.695. The topological polar surface area (TPSA) is 27.7 Å². The van der Waals surface area contributed by atoms with Crippen molar-refractivity contribution in [3.63, 3.8) is 0 Å². The highest BCUT2D eigenvalue weighted by Crippen LogP contribution is 2.14. The van der Waals surface area contributed by atoms with Gasteiger partial charge in [0, 0.05) is 14.0 Å². The third-order valence-electron chi connectivity index (χ3n) is 1.42. The molecule has 0 atom stereocenters. The van der Waals surface area contributed by atoms with Gasteiger partial charge in [-0.05, 0) is 0 Å². The molecule has 58 valence electrons. The van der Waals surface area contributed by atoms with E-state index in [9.17, 15) is 0 Å². The number of hydrogen-bond acceptors (Lipinski definition) is 3. The van der Waals surface area contributed by atoms with E-state index in [2.05, 4.69) is 0 Å². The third-order valence-corrected chi connectivity index (χ3v) is 1.42. The van der Waals surface area contributed by atoms with Crippen molar-refractivity contribution in [2.45, 2.75) is 12.9 Å². The van der Waals surface area contributed by atoms with Crippen LogP contribution in [0.1, 0.15) is 6.92 Å². The van der Waals surface area contributed by atoms with E-state index in [0.29, 0.717) is 13.2 Å². The minimum atomic E-state index is -0.858. The molecule has 0 saturated heterocycles. The third kappa shape index (κ3) is 1.80. The molecule has 3 nitrogen and oxygen atoms in total. The Labute approximate surface area is 60.6 Å². The Kier molecular flexibility index (Phi) is 2.43. The van der Waals surface area contributed by atoms with Crippen molar-refractivity contribution >= 4 is 0 Å². The second-order valence-electron chi connectivity index (χ2n) is 2.16. The lowest BCUT2D eigenvalue weighted by molar-refractivity contribution is -0.350. The first-order valence-corrected chi connectivity index (χ1v) is 3.25. The van der Waals surface area contributed by atoms with Crippen LogP contribution in [0.4, 0.5) is 0 Å². The zero-order valence-electron chi connectivity index (χ0n) is 6.29. The summed E-state index contributed by atoms with van der Waals surface area (Å²) in [6.45, 7) is 2.84. The Hall–Kier alpha value is -0.380. The maximum atomic E-state index is 5.21. The molecule has 1 aliphatic rings. The van der Waals surface area contributed by atoms with Crippen LogP contribution in [0.2, 0.25) is 0 Å². The van der Waals surface area contributed by atoms with Gasteiger partial charge < -0.3 is 14.2 Å². The Morgan fingerprint density at radius 1 is 1.30 bits per heavy atom. The summed E-state index contributed by atoms with van der Waals surface area (Å²) in [4.78, 5) is 0. The van der Waals surface area contributed by atoms with Gasteiger partial charge in [-0.3, -0.25) is 0 Å². The normalized spacial score (nSPS) is 24.2. The molecule has 0 spiro atoms. The zero-order valence-corrected chi connectivity index (χ0v) is 6.29. The molecular weight excluding hydrogens is 132 g/mol. The Morgan fingerprint density at radius 2 is 1.80 bits per heavy atom. The van der Waals surface area contributed by atoms with Gasteiger partial charge in [0.25, 0.3) is 5.97 Å². The van der Waals surface area contributed by atoms with E-state index >= 15 is 0 Å². The van der Waals surface area contributed by atoms with Crippen LogP contribution in [0.25, 0.3) is 0 Å². The lowest BCUT2D eigenvalue weighted by Gasteiger charge is -2.25. The van der Waals surface area contributed by atoms with E-state index in [4.69, 9.17) is 14.2 Å². The van der Waals surface area contributed by atoms with E-state index in [-0.39, 0.29) is 0 Å². The highest BCUT2D eigenvalue weighted by molar-refractivity contribution is 4.83. The highest BCUT2D eigenvalue weighted by atomic mass is 16.9. The Morgan fingerprint density at radius 3 is 2.20 bits per heavy atom. The molecule has 0 unspecified atom stereocenters. The quantitative estimate of drug-likeness (QED) is 0.512. The number of rotatable bonds is 1. The summed E-state index contributed by atoms with van der Waals surface area (Å²) in [5, 5.41) is 0. The lowest BCUT2D eigenvalue weighted by Crippen LogP contribution is -2.33. The van der Waals surface area contributed by atoms with Crippen molar-refractivity contribution in [1.82, 2.24) is 0 Å². The second-order valence-corrected chi connectivity index (χ2v) is 2.16. The first-order chi connectivity index (χ1) is 4.77. The molecule has 0 aromatic heterocycles. The van der Waals surface area contributed by atoms with Crippen LogP contribution < -0.4 is 0 Å². The van der Waals surface area contributed by atoms with Crippen LogP contribution in [0.15, 0.2) is 12.2 Å². The molecular formula is C7H12O3. The summed E-state index contributed by atoms with van der Waals surface area (Å²) in [5.41, 5.74) is 0. The molecule has 0 N–H and O–H groups in total. The van der Waals surface area contributed by atoms with Crippen LogP contribution in [0.3, 0.4) is 0 Å². The molecule has 0 radical (unpaired) electrons. The molecule has 10 heavy (non-hydrogen) atoms. The standard InChI is InChI=1S/C7H12O3/c1-7(8-2)9-5-3-4-6-10-7/h3-4H,5-6H2,1-2H3. The summed E-state index contributed by atoms with van der Waals surface area (Å²) in [6, 6.07) is 0. The van der Waals surface area contributed by atoms with Gasteiger partial charge in [-0.1, -0.05) is 12.2 Å². The number of hydrogen-bond donors (Lipinski definition) is 0. The fourth-order valence-corrected chi connectivity index (χ4v) is 0.695. The van der Waals surface area contributed by atoms with Crippen LogP contribution in [-0.2, 0) is 14.2 Å². The molecule has 0 amide bonds. The van der Waals surface area contributed by atoms with Crippen LogP contribution in [0.5, 0.6) is 0 Å². The van der Waals surface area contributed by atoms with Gasteiger partial charge in [0.15, 0.2) is 0 Å². The first kappa shape index (κ1) is 7.72. The molecule has 1 heterocycles. The summed E-state index contributed by atoms with van der Waals surface area (Å²) < 4.78 is 15.4. The van der Waals surface area contributed by atoms with E-state index in [1.807, 2.05) is 12.2 Å². The van der Waals surface area contributed by atoms with Gasteiger partial charge in [0.2, 0.25) is 0 Å². The Balaban J connectivity index is 2.47. The summed E-state index contributed by atoms with van der Waals surface area (Å²) >= 11 is 0. The summed E-state index contributed by atoms with van der Waals surface area (Å²) in [5.74, 6) is -0.858. The minimum absolute atomic E-state index is 0.546. The number of ether oxygens (including phenoxy) is 3. The maximum absolute atomic E-state index is 5.21. The highest BCUT2D eigenvalue weighted by Gasteiger charge is 2.25. The molecule has 3 heteroatoms. The average molecular weight is 144 g/mol. The maximum Gasteiger partial charge on any atom is 0.280 e. The SMILES string of the molecule is COC1(C)OCC=CCO1. The van der Waals surface area contributed by atoms with Crippen molar-refractivity contribution in [3.8, 4) is 0 Å². The van der Waals surface area contributed by atoms with Crippen molar-refractivity contribution in [2.24, 2.45) is 0 Å². The average Bonchev–Trinajstić information content (AvgIpc) is 2.15. The molecule has 0 fully saturated rings. The van der Waals surface area contributed by atoms with E-state index in [1.165, 1.54) is 0 Å². The van der Waals surface area contributed by atoms with Crippen molar-refractivity contribution < 1.29 is 14.2 Å². The van der Waals surface area contributed by atoms with Gasteiger partial charge in [-0.25, -0.2) is 0 Å². The van der Waals surface area contributed by atoms with Crippen molar-refractivity contribution in [3.05, 3.63) is 12.2 Å². The summed E-state index contributed by atoms with van der Waals surface area (Å²) in [6.07, 6.45) is 3.81. The predicted molar refractivity (Wildman–Crippen MR) is 36.5 cm³/mol. The minimum Gasteiger partial charge on any atom is -0.331 e. The van der Waals surface area contributed by atoms with Crippen molar-refractivity contribution in [1.29, 1.82) is 0 Å². The van der Waals surface area contributed by atoms with Gasteiger partial charge in [-0.2, -0.15) is 0 Å². The molecule has 1 aliphatic heterocycles. The number of methoxy groups -OCH3 is 1. The van der Waals surface area contributed by atoms with Gasteiger partial charge in [0.05, 0.1) is 13.2 Å². The first-order valence-electron chi connectivity index (χ1n) is 3.25. The van der Waals surface area contributed by atoms with E-state index in [1.54, 1.807) is 14.0 Å². The van der Waals surface area contributed by atoms with Crippen molar-refractivity contribution in [2.75, 3.05) is 20.3 Å². The van der Waals surface area contributed by atoms with Crippen LogP contribution >= 0.6 is 0 Å². The van der Waals surface area contributed by atoms with Crippen LogP contribution in [0, 0.1) is 0 Å². The fraction of sp³-hybridized carbons (Fsp3) is 0.714. The molecule has 0 aromatic carbocycles. The molecule has 0 saturated carbocycles. The smallest absolute Gasteiger partial charge is 0.280 e. The second kappa shape index (κ2) is 3.14. The van der Waals surface area contributed by atoms with E-state index < -0.39 is 5.97 Å².